The zero-order valence-corrected chi connectivity index (χ0v) is 18.0. The molecule has 5 nitrogen and oxygen atoms in total. The lowest BCUT2D eigenvalue weighted by Crippen LogP contribution is -2.30. The van der Waals surface area contributed by atoms with Gasteiger partial charge in [0.2, 0.25) is 0 Å². The van der Waals surface area contributed by atoms with Crippen LogP contribution in [0.2, 0.25) is 0 Å². The van der Waals surface area contributed by atoms with E-state index in [9.17, 15) is 9.59 Å². The number of nitrogens with zero attached hydrogens (tertiary/aromatic N) is 1. The van der Waals surface area contributed by atoms with Gasteiger partial charge in [-0.2, -0.15) is 0 Å². The van der Waals surface area contributed by atoms with E-state index >= 15 is 0 Å². The highest BCUT2D eigenvalue weighted by molar-refractivity contribution is 7.17. The van der Waals surface area contributed by atoms with Crippen molar-refractivity contribution < 1.29 is 14.3 Å². The Hall–Kier alpha value is -2.99. The molecule has 2 aromatic carbocycles. The number of benzene rings is 2. The number of aromatic nitrogens is 1. The lowest BCUT2D eigenvalue weighted by Gasteiger charge is -2.16. The Morgan fingerprint density at radius 2 is 1.66 bits per heavy atom. The molecule has 1 heterocycles. The van der Waals surface area contributed by atoms with E-state index in [0.29, 0.717) is 10.6 Å². The van der Waals surface area contributed by atoms with Gasteiger partial charge in [-0.1, -0.05) is 48.0 Å². The second kappa shape index (κ2) is 8.57. The molecule has 0 fully saturated rings. The summed E-state index contributed by atoms with van der Waals surface area (Å²) in [5.41, 5.74) is 5.36. The average Bonchev–Trinajstić information content (AvgIpc) is 3.07. The molecule has 3 rings (SSSR count). The van der Waals surface area contributed by atoms with Crippen LogP contribution in [0.5, 0.6) is 0 Å². The van der Waals surface area contributed by atoms with E-state index in [2.05, 4.69) is 10.3 Å². The van der Waals surface area contributed by atoms with Crippen LogP contribution in [0.3, 0.4) is 0 Å². The topological polar surface area (TPSA) is 68.3 Å². The molecule has 0 saturated heterocycles. The van der Waals surface area contributed by atoms with Crippen LogP contribution in [0.25, 0.3) is 10.6 Å². The van der Waals surface area contributed by atoms with Gasteiger partial charge in [-0.3, -0.25) is 4.79 Å². The van der Waals surface area contributed by atoms with Gasteiger partial charge in [0.15, 0.2) is 6.10 Å². The van der Waals surface area contributed by atoms with Crippen molar-refractivity contribution in [1.29, 1.82) is 0 Å². The van der Waals surface area contributed by atoms with Crippen molar-refractivity contribution in [2.45, 2.75) is 40.7 Å². The van der Waals surface area contributed by atoms with Gasteiger partial charge < -0.3 is 10.1 Å². The normalized spacial score (nSPS) is 11.8. The Labute approximate surface area is 174 Å². The van der Waals surface area contributed by atoms with Crippen LogP contribution in [0.1, 0.15) is 39.0 Å². The molecule has 0 unspecified atom stereocenters. The molecule has 0 spiro atoms. The first kappa shape index (κ1) is 20.7. The van der Waals surface area contributed by atoms with E-state index in [-0.39, 0.29) is 5.91 Å². The van der Waals surface area contributed by atoms with Crippen LogP contribution in [-0.4, -0.2) is 23.0 Å². The van der Waals surface area contributed by atoms with Crippen molar-refractivity contribution in [3.63, 3.8) is 0 Å². The van der Waals surface area contributed by atoms with Crippen LogP contribution in [0, 0.1) is 27.7 Å². The number of rotatable bonds is 5. The van der Waals surface area contributed by atoms with Gasteiger partial charge in [0, 0.05) is 11.3 Å². The predicted molar refractivity (Wildman–Crippen MR) is 116 cm³/mol. The molecular weight excluding hydrogens is 384 g/mol. The van der Waals surface area contributed by atoms with E-state index in [1.54, 1.807) is 13.8 Å². The lowest BCUT2D eigenvalue weighted by atomic mass is 10.0. The first-order valence-corrected chi connectivity index (χ1v) is 10.2. The number of nitrogens with one attached hydrogen (secondary N) is 1. The molecule has 0 aliphatic carbocycles. The van der Waals surface area contributed by atoms with Gasteiger partial charge >= 0.3 is 5.97 Å². The molecule has 0 bridgehead atoms. The molecule has 1 amide bonds. The first-order chi connectivity index (χ1) is 13.8. The Morgan fingerprint density at radius 3 is 2.28 bits per heavy atom. The summed E-state index contributed by atoms with van der Waals surface area (Å²) in [5, 5.41) is 3.63. The van der Waals surface area contributed by atoms with Crippen molar-refractivity contribution in [3.8, 4) is 10.6 Å². The summed E-state index contributed by atoms with van der Waals surface area (Å²) in [6.45, 7) is 9.23. The van der Waals surface area contributed by atoms with E-state index in [4.69, 9.17) is 4.74 Å². The molecule has 29 heavy (non-hydrogen) atoms. The minimum Gasteiger partial charge on any atom is -0.448 e. The number of thiazole rings is 1. The van der Waals surface area contributed by atoms with Crippen molar-refractivity contribution in [1.82, 2.24) is 4.98 Å². The summed E-state index contributed by atoms with van der Waals surface area (Å²) in [4.78, 5) is 30.1. The maximum atomic E-state index is 12.6. The molecule has 150 valence electrons. The molecule has 3 aromatic rings. The molecule has 0 aliphatic rings. The molecule has 1 atom stereocenters. The fourth-order valence-corrected chi connectivity index (χ4v) is 4.11. The zero-order valence-electron chi connectivity index (χ0n) is 17.2. The number of aryl methyl sites for hydroxylation is 4. The van der Waals surface area contributed by atoms with Crippen LogP contribution in [0.4, 0.5) is 5.69 Å². The van der Waals surface area contributed by atoms with Crippen LogP contribution in [-0.2, 0) is 9.53 Å². The van der Waals surface area contributed by atoms with Crippen molar-refractivity contribution in [2.75, 3.05) is 5.32 Å². The lowest BCUT2D eigenvalue weighted by molar-refractivity contribution is -0.123. The minimum absolute atomic E-state index is 0.362. The maximum Gasteiger partial charge on any atom is 0.351 e. The van der Waals surface area contributed by atoms with Gasteiger partial charge in [0.05, 0.1) is 5.69 Å². The molecule has 0 aliphatic heterocycles. The van der Waals surface area contributed by atoms with E-state index in [1.807, 2.05) is 63.2 Å². The Bertz CT molecular complexity index is 1030. The number of anilines is 1. The molecule has 0 radical (unpaired) electrons. The predicted octanol–water partition coefficient (Wildman–Crippen LogP) is 5.23. The highest BCUT2D eigenvalue weighted by atomic mass is 32.1. The van der Waals surface area contributed by atoms with Crippen molar-refractivity contribution in [2.24, 2.45) is 0 Å². The van der Waals surface area contributed by atoms with E-state index < -0.39 is 12.1 Å². The number of esters is 1. The summed E-state index contributed by atoms with van der Waals surface area (Å²) in [7, 11) is 0. The average molecular weight is 409 g/mol. The van der Waals surface area contributed by atoms with Gasteiger partial charge in [0.25, 0.3) is 5.91 Å². The van der Waals surface area contributed by atoms with E-state index in [1.165, 1.54) is 11.3 Å². The highest BCUT2D eigenvalue weighted by Crippen LogP contribution is 2.28. The van der Waals surface area contributed by atoms with Gasteiger partial charge in [-0.25, -0.2) is 9.78 Å². The van der Waals surface area contributed by atoms with Crippen LogP contribution in [0.15, 0.2) is 42.5 Å². The molecular formula is C23H24N2O3S. The SMILES string of the molecule is Cc1cc(C)c(NC(=O)[C@H](C)OC(=O)c2sc(-c3ccccc3)nc2C)c(C)c1. The molecule has 6 heteroatoms. The summed E-state index contributed by atoms with van der Waals surface area (Å²) in [5.74, 6) is -0.902. The Balaban J connectivity index is 1.71. The van der Waals surface area contributed by atoms with Gasteiger partial charge in [-0.05, 0) is 45.7 Å². The van der Waals surface area contributed by atoms with Crippen molar-refractivity contribution >= 4 is 28.9 Å². The second-order valence-electron chi connectivity index (χ2n) is 7.11. The van der Waals surface area contributed by atoms with E-state index in [0.717, 1.165) is 32.9 Å². The number of ether oxygens (including phenoxy) is 1. The summed E-state index contributed by atoms with van der Waals surface area (Å²) in [6, 6.07) is 13.7. The standard InChI is InChI=1S/C23H24N2O3S/c1-13-11-14(2)19(15(3)12-13)25-21(26)17(5)28-23(27)20-16(4)24-22(29-20)18-9-7-6-8-10-18/h6-12,17H,1-5H3,(H,25,26)/t17-/m0/s1. The summed E-state index contributed by atoms with van der Waals surface area (Å²) < 4.78 is 5.42. The third-order valence-corrected chi connectivity index (χ3v) is 5.77. The Morgan fingerprint density at radius 1 is 1.03 bits per heavy atom. The quantitative estimate of drug-likeness (QED) is 0.587. The summed E-state index contributed by atoms with van der Waals surface area (Å²) >= 11 is 1.27. The number of carbonyl (C=O) groups is 2. The van der Waals surface area contributed by atoms with Gasteiger partial charge in [-0.15, -0.1) is 11.3 Å². The smallest absolute Gasteiger partial charge is 0.351 e. The highest BCUT2D eigenvalue weighted by Gasteiger charge is 2.24. The van der Waals surface area contributed by atoms with Crippen LogP contribution >= 0.6 is 11.3 Å². The number of hydrogen-bond acceptors (Lipinski definition) is 5. The first-order valence-electron chi connectivity index (χ1n) is 9.38. The number of amides is 1. The van der Waals surface area contributed by atoms with Crippen molar-refractivity contribution in [3.05, 3.63) is 69.7 Å². The third kappa shape index (κ3) is 4.71. The van der Waals surface area contributed by atoms with Crippen LogP contribution < -0.4 is 5.32 Å². The monoisotopic (exact) mass is 408 g/mol. The molecule has 1 aromatic heterocycles. The molecule has 1 N–H and O–H groups in total. The maximum absolute atomic E-state index is 12.6. The number of hydrogen-bond donors (Lipinski definition) is 1. The minimum atomic E-state index is -0.927. The molecule has 0 saturated carbocycles. The third-order valence-electron chi connectivity index (χ3n) is 4.58. The Kier molecular flexibility index (Phi) is 6.13. The summed E-state index contributed by atoms with van der Waals surface area (Å²) in [6.07, 6.45) is -0.927. The zero-order chi connectivity index (χ0) is 21.1. The second-order valence-corrected chi connectivity index (χ2v) is 8.11. The fourth-order valence-electron chi connectivity index (χ4n) is 3.16. The largest absolute Gasteiger partial charge is 0.448 e. The number of carbonyl (C=O) groups excluding carboxylic acids is 2. The van der Waals surface area contributed by atoms with Gasteiger partial charge in [0.1, 0.15) is 9.88 Å². The fraction of sp³-hybridized carbons (Fsp3) is 0.261.